The number of pyridine rings is 1. The summed E-state index contributed by atoms with van der Waals surface area (Å²) in [7, 11) is 0. The number of aromatic nitrogens is 4. The van der Waals surface area contributed by atoms with E-state index in [0.717, 1.165) is 12.3 Å². The fourth-order valence-electron chi connectivity index (χ4n) is 3.82. The third-order valence-electron chi connectivity index (χ3n) is 5.68. The fraction of sp³-hybridized carbons (Fsp3) is 0.208. The Labute approximate surface area is 196 Å². The van der Waals surface area contributed by atoms with Crippen LogP contribution in [0.1, 0.15) is 30.2 Å². The lowest BCUT2D eigenvalue weighted by atomic mass is 9.96. The molecule has 3 heterocycles. The highest BCUT2D eigenvalue weighted by Gasteiger charge is 2.55. The van der Waals surface area contributed by atoms with E-state index in [0.29, 0.717) is 27.9 Å². The summed E-state index contributed by atoms with van der Waals surface area (Å²) in [5.41, 5.74) is -0.438. The van der Waals surface area contributed by atoms with Gasteiger partial charge in [-0.05, 0) is 66.1 Å². The van der Waals surface area contributed by atoms with E-state index in [1.54, 1.807) is 40.9 Å². The molecule has 0 aliphatic heterocycles. The summed E-state index contributed by atoms with van der Waals surface area (Å²) in [6.07, 6.45) is -0.300. The quantitative estimate of drug-likeness (QED) is 0.292. The van der Waals surface area contributed by atoms with E-state index >= 15 is 0 Å². The van der Waals surface area contributed by atoms with Crippen LogP contribution in [0.2, 0.25) is 0 Å². The van der Waals surface area contributed by atoms with Crippen LogP contribution in [0.5, 0.6) is 0 Å². The van der Waals surface area contributed by atoms with Gasteiger partial charge in [-0.1, -0.05) is 12.1 Å². The molecule has 0 saturated carbocycles. The molecule has 0 amide bonds. The summed E-state index contributed by atoms with van der Waals surface area (Å²) >= 11 is 0. The molecule has 4 rings (SSSR count). The van der Waals surface area contributed by atoms with Crippen molar-refractivity contribution in [3.8, 4) is 11.3 Å². The number of halogens is 4. The molecule has 4 aromatic rings. The molecule has 11 heteroatoms. The molecule has 0 radical (unpaired) electrons. The van der Waals surface area contributed by atoms with Gasteiger partial charge in [-0.3, -0.25) is 0 Å². The van der Waals surface area contributed by atoms with Gasteiger partial charge in [0.05, 0.1) is 18.4 Å². The molecule has 182 valence electrons. The van der Waals surface area contributed by atoms with Gasteiger partial charge in [-0.2, -0.15) is 13.2 Å². The maximum atomic E-state index is 13.4. The Morgan fingerprint density at radius 1 is 1.14 bits per heavy atom. The largest absolute Gasteiger partial charge is 0.478 e. The summed E-state index contributed by atoms with van der Waals surface area (Å²) < 4.78 is 56.4. The van der Waals surface area contributed by atoms with Gasteiger partial charge in [0.15, 0.2) is 0 Å². The summed E-state index contributed by atoms with van der Waals surface area (Å²) in [6, 6.07) is 11.0. The van der Waals surface area contributed by atoms with E-state index in [2.05, 4.69) is 10.3 Å². The second-order valence-electron chi connectivity index (χ2n) is 7.97. The number of benzene rings is 1. The van der Waals surface area contributed by atoms with Crippen LogP contribution >= 0.6 is 0 Å². The Bertz CT molecular complexity index is 1410. The van der Waals surface area contributed by atoms with Gasteiger partial charge in [0.2, 0.25) is 5.60 Å². The molecule has 0 bridgehead atoms. The van der Waals surface area contributed by atoms with Crippen molar-refractivity contribution < 1.29 is 32.6 Å². The summed E-state index contributed by atoms with van der Waals surface area (Å²) in [5.74, 6) is -1.54. The maximum Gasteiger partial charge on any atom is 0.423 e. The topological polar surface area (TPSA) is 92.7 Å². The SMILES string of the molecule is CCC(O)(c1cn(Cc2ccn3c(-c4ccc(F)cc4)c(/C=C/C(=O)O)cc3c2)nn1)C(F)(F)F. The number of carboxylic acids is 1. The number of aliphatic hydroxyl groups is 1. The first-order valence-corrected chi connectivity index (χ1v) is 10.5. The molecule has 0 aliphatic carbocycles. The van der Waals surface area contributed by atoms with Gasteiger partial charge < -0.3 is 14.6 Å². The molecule has 2 N–H and O–H groups in total. The van der Waals surface area contributed by atoms with Crippen LogP contribution in [-0.4, -0.2) is 41.8 Å². The maximum absolute atomic E-state index is 13.4. The number of hydrogen-bond donors (Lipinski definition) is 2. The molecule has 1 unspecified atom stereocenters. The summed E-state index contributed by atoms with van der Waals surface area (Å²) in [5, 5.41) is 26.4. The third kappa shape index (κ3) is 4.67. The van der Waals surface area contributed by atoms with Crippen molar-refractivity contribution in [3.63, 3.8) is 0 Å². The molecular formula is C24H20F4N4O3. The molecule has 35 heavy (non-hydrogen) atoms. The molecule has 0 saturated heterocycles. The molecule has 1 atom stereocenters. The second kappa shape index (κ2) is 8.99. The molecule has 0 fully saturated rings. The normalized spacial score (nSPS) is 14.0. The van der Waals surface area contributed by atoms with Crippen LogP contribution in [0.15, 0.2) is 60.9 Å². The van der Waals surface area contributed by atoms with Crippen LogP contribution < -0.4 is 0 Å². The minimum absolute atomic E-state index is 0.0819. The van der Waals surface area contributed by atoms with Crippen LogP contribution in [0.3, 0.4) is 0 Å². The van der Waals surface area contributed by atoms with Crippen molar-refractivity contribution in [2.24, 2.45) is 0 Å². The minimum atomic E-state index is -4.90. The highest BCUT2D eigenvalue weighted by molar-refractivity contribution is 5.89. The zero-order chi connectivity index (χ0) is 25.4. The highest BCUT2D eigenvalue weighted by Crippen LogP contribution is 2.40. The predicted molar refractivity (Wildman–Crippen MR) is 119 cm³/mol. The van der Waals surface area contributed by atoms with Gasteiger partial charge in [-0.15, -0.1) is 5.10 Å². The Kier molecular flexibility index (Phi) is 6.20. The fourth-order valence-corrected chi connectivity index (χ4v) is 3.82. The third-order valence-corrected chi connectivity index (χ3v) is 5.68. The van der Waals surface area contributed by atoms with E-state index in [4.69, 9.17) is 5.11 Å². The van der Waals surface area contributed by atoms with E-state index in [-0.39, 0.29) is 6.54 Å². The van der Waals surface area contributed by atoms with Gasteiger partial charge in [0, 0.05) is 23.4 Å². The predicted octanol–water partition coefficient (Wildman–Crippen LogP) is 4.64. The molecule has 7 nitrogen and oxygen atoms in total. The van der Waals surface area contributed by atoms with E-state index in [1.807, 2.05) is 0 Å². The van der Waals surface area contributed by atoms with Gasteiger partial charge in [-0.25, -0.2) is 13.9 Å². The first-order valence-electron chi connectivity index (χ1n) is 10.5. The lowest BCUT2D eigenvalue weighted by Gasteiger charge is -2.26. The van der Waals surface area contributed by atoms with Gasteiger partial charge in [0.25, 0.3) is 0 Å². The van der Waals surface area contributed by atoms with E-state index in [9.17, 15) is 27.5 Å². The summed E-state index contributed by atoms with van der Waals surface area (Å²) in [4.78, 5) is 11.0. The molecule has 3 aromatic heterocycles. The van der Waals surface area contributed by atoms with Crippen LogP contribution in [-0.2, 0) is 16.9 Å². The number of rotatable bonds is 7. The minimum Gasteiger partial charge on any atom is -0.478 e. The highest BCUT2D eigenvalue weighted by atomic mass is 19.4. The smallest absolute Gasteiger partial charge is 0.423 e. The Morgan fingerprint density at radius 2 is 1.86 bits per heavy atom. The van der Waals surface area contributed by atoms with Crippen LogP contribution in [0.25, 0.3) is 22.9 Å². The Balaban J connectivity index is 1.71. The van der Waals surface area contributed by atoms with Gasteiger partial charge >= 0.3 is 12.1 Å². The van der Waals surface area contributed by atoms with E-state index in [1.165, 1.54) is 29.8 Å². The number of aliphatic carboxylic acids is 1. The first-order chi connectivity index (χ1) is 16.5. The number of nitrogens with zero attached hydrogens (tertiary/aromatic N) is 4. The zero-order valence-electron chi connectivity index (χ0n) is 18.4. The Hall–Kier alpha value is -3.99. The Morgan fingerprint density at radius 3 is 2.49 bits per heavy atom. The standard InChI is InChI=1S/C24H20F4N4O3/c1-2-23(35,24(26,27)28)20-14-31(30-29-20)13-15-9-10-32-19(11-15)12-17(5-8-21(33)34)22(32)16-3-6-18(25)7-4-16/h3-12,14,35H,2,13H2,1H3,(H,33,34)/b8-5+. The van der Waals surface area contributed by atoms with Crippen molar-refractivity contribution >= 4 is 17.6 Å². The van der Waals surface area contributed by atoms with Crippen molar-refractivity contribution in [2.45, 2.75) is 31.7 Å². The van der Waals surface area contributed by atoms with Crippen LogP contribution in [0, 0.1) is 5.82 Å². The van der Waals surface area contributed by atoms with Gasteiger partial charge in [0.1, 0.15) is 11.5 Å². The number of carbonyl (C=O) groups is 1. The van der Waals surface area contributed by atoms with Crippen molar-refractivity contribution in [1.29, 1.82) is 0 Å². The molecule has 0 aliphatic rings. The second-order valence-corrected chi connectivity index (χ2v) is 7.97. The van der Waals surface area contributed by atoms with Crippen molar-refractivity contribution in [3.05, 3.63) is 83.6 Å². The number of hydrogen-bond acceptors (Lipinski definition) is 4. The lowest BCUT2D eigenvalue weighted by Crippen LogP contribution is -2.42. The monoisotopic (exact) mass is 488 g/mol. The average Bonchev–Trinajstić information content (AvgIpc) is 3.41. The lowest BCUT2D eigenvalue weighted by molar-refractivity contribution is -0.269. The molecular weight excluding hydrogens is 468 g/mol. The number of alkyl halides is 3. The first kappa shape index (κ1) is 24.1. The van der Waals surface area contributed by atoms with Crippen molar-refractivity contribution in [2.75, 3.05) is 0 Å². The zero-order valence-corrected chi connectivity index (χ0v) is 18.4. The van der Waals surface area contributed by atoms with E-state index < -0.39 is 35.7 Å². The van der Waals surface area contributed by atoms with Crippen molar-refractivity contribution in [1.82, 2.24) is 19.4 Å². The molecule has 0 spiro atoms. The van der Waals surface area contributed by atoms with Crippen LogP contribution in [0.4, 0.5) is 17.6 Å². The number of carboxylic acid groups (broad SMARTS) is 1. The summed E-state index contributed by atoms with van der Waals surface area (Å²) in [6.45, 7) is 1.29. The number of fused-ring (bicyclic) bond motifs is 1. The average molecular weight is 488 g/mol. The molecule has 1 aromatic carbocycles.